The average Bonchev–Trinajstić information content (AvgIpc) is 2.69. The Morgan fingerprint density at radius 1 is 1.90 bits per heavy atom. The molecule has 2 atom stereocenters. The smallest absolute Gasteiger partial charge is 0.119 e. The van der Waals surface area contributed by atoms with Crippen molar-refractivity contribution in [3.8, 4) is 0 Å². The maximum Gasteiger partial charge on any atom is 0.119 e. The van der Waals surface area contributed by atoms with Crippen LogP contribution in [0, 0.1) is 0 Å². The van der Waals surface area contributed by atoms with Crippen molar-refractivity contribution in [2.45, 2.75) is 24.3 Å². The largest absolute Gasteiger partial charge is 0.394 e. The van der Waals surface area contributed by atoms with Crippen molar-refractivity contribution >= 4 is 15.8 Å². The quantitative estimate of drug-likeness (QED) is 0.240. The molecule has 0 aromatic carbocycles. The monoisotopic (exact) mass is 160 g/mol. The molecule has 0 amide bonds. The van der Waals surface area contributed by atoms with Crippen molar-refractivity contribution in [1.29, 1.82) is 0 Å². The number of epoxide rings is 1. The van der Waals surface area contributed by atoms with Gasteiger partial charge in [-0.05, 0) is 0 Å². The Balaban J connectivity index is 1.95. The molecule has 3 nitrogen and oxygen atoms in total. The van der Waals surface area contributed by atoms with Crippen LogP contribution in [-0.2, 0) is 9.53 Å². The Morgan fingerprint density at radius 2 is 2.60 bits per heavy atom. The lowest BCUT2D eigenvalue weighted by Gasteiger charge is -2.02. The normalized spacial score (nSPS) is 27.1. The van der Waals surface area contributed by atoms with Gasteiger partial charge in [-0.3, -0.25) is 0 Å². The van der Waals surface area contributed by atoms with Gasteiger partial charge in [-0.25, -0.2) is 0 Å². The molecule has 0 aromatic heterocycles. The van der Waals surface area contributed by atoms with Crippen molar-refractivity contribution < 1.29 is 14.6 Å². The molecule has 0 aromatic rings. The van der Waals surface area contributed by atoms with Gasteiger partial charge in [0.25, 0.3) is 0 Å². The van der Waals surface area contributed by atoms with Crippen LogP contribution in [0.25, 0.3) is 0 Å². The third-order valence-corrected chi connectivity index (χ3v) is 3.54. The lowest BCUT2D eigenvalue weighted by molar-refractivity contribution is -0.107. The summed E-state index contributed by atoms with van der Waals surface area (Å²) in [6, 6.07) is 0.907. The van der Waals surface area contributed by atoms with E-state index in [0.29, 0.717) is 6.42 Å². The summed E-state index contributed by atoms with van der Waals surface area (Å²) >= 11 is 0. The topological polar surface area (TPSA) is 49.8 Å². The van der Waals surface area contributed by atoms with Gasteiger partial charge in [0.05, 0.1) is 21.9 Å². The second kappa shape index (κ2) is 3.85. The van der Waals surface area contributed by atoms with Crippen LogP contribution in [0.15, 0.2) is 0 Å². The minimum atomic E-state index is -0.461. The maximum absolute atomic E-state index is 9.88. The predicted molar refractivity (Wildman–Crippen MR) is 39.8 cm³/mol. The molecule has 1 saturated heterocycles. The molecule has 2 unspecified atom stereocenters. The molecule has 0 saturated carbocycles. The molecule has 1 N–H and O–H groups in total. The van der Waals surface area contributed by atoms with Crippen molar-refractivity contribution in [2.24, 2.45) is 0 Å². The third kappa shape index (κ3) is 2.59. The van der Waals surface area contributed by atoms with Gasteiger partial charge in [0.15, 0.2) is 0 Å². The minimum absolute atomic E-state index is 0.123. The summed E-state index contributed by atoms with van der Waals surface area (Å²) in [5.74, 6) is 0. The predicted octanol–water partition coefficient (Wildman–Crippen LogP) is -1.12. The van der Waals surface area contributed by atoms with E-state index in [-0.39, 0.29) is 11.8 Å². The molecule has 1 rings (SSSR count). The van der Waals surface area contributed by atoms with E-state index < -0.39 is 9.52 Å². The second-order valence-electron chi connectivity index (χ2n) is 2.54. The van der Waals surface area contributed by atoms with E-state index in [0.717, 1.165) is 18.9 Å². The van der Waals surface area contributed by atoms with Crippen molar-refractivity contribution in [2.75, 3.05) is 6.61 Å². The molecule has 1 fully saturated rings. The van der Waals surface area contributed by atoms with Crippen molar-refractivity contribution in [1.82, 2.24) is 0 Å². The molecule has 0 spiro atoms. The number of rotatable bonds is 5. The Bertz CT molecular complexity index is 114. The highest BCUT2D eigenvalue weighted by Crippen LogP contribution is 2.13. The van der Waals surface area contributed by atoms with Gasteiger partial charge < -0.3 is 14.6 Å². The maximum atomic E-state index is 9.88. The van der Waals surface area contributed by atoms with Crippen molar-refractivity contribution in [3.05, 3.63) is 0 Å². The number of ether oxygens (including phenoxy) is 1. The first-order chi connectivity index (χ1) is 4.84. The van der Waals surface area contributed by atoms with Crippen molar-refractivity contribution in [3.63, 3.8) is 0 Å². The van der Waals surface area contributed by atoms with E-state index in [1.165, 1.54) is 0 Å². The Hall–Kier alpha value is -0.193. The summed E-state index contributed by atoms with van der Waals surface area (Å²) in [4.78, 5) is 9.88. The van der Waals surface area contributed by atoms with Crippen LogP contribution in [-0.4, -0.2) is 39.4 Å². The van der Waals surface area contributed by atoms with Crippen LogP contribution in [0.3, 0.4) is 0 Å². The fourth-order valence-electron chi connectivity index (χ4n) is 0.874. The summed E-state index contributed by atoms with van der Waals surface area (Å²) < 4.78 is 4.90. The van der Waals surface area contributed by atoms with E-state index in [4.69, 9.17) is 4.74 Å². The standard InChI is InChI=1S/C6H12O3Si/c7-2-1-3-10-6(8)5-4-9-5/h2,5-6,8H,1,3-4,10H2. The number of carbonyl (C=O) groups excluding carboxylic acids is 1. The Morgan fingerprint density at radius 3 is 3.10 bits per heavy atom. The Kier molecular flexibility index (Phi) is 3.05. The minimum Gasteiger partial charge on any atom is -0.394 e. The van der Waals surface area contributed by atoms with Gasteiger partial charge >= 0.3 is 0 Å². The number of carbonyl (C=O) groups is 1. The van der Waals surface area contributed by atoms with Gasteiger partial charge in [-0.1, -0.05) is 6.04 Å². The van der Waals surface area contributed by atoms with Gasteiger partial charge in [0.2, 0.25) is 0 Å². The highest BCUT2D eigenvalue weighted by molar-refractivity contribution is 6.37. The van der Waals surface area contributed by atoms with Gasteiger partial charge in [-0.15, -0.1) is 0 Å². The fourth-order valence-corrected chi connectivity index (χ4v) is 2.34. The molecular formula is C6H12O3Si. The Labute approximate surface area is 62.2 Å². The summed E-state index contributed by atoms with van der Waals surface area (Å²) in [6.45, 7) is 0.718. The summed E-state index contributed by atoms with van der Waals surface area (Å²) in [6.07, 6.45) is 1.64. The average molecular weight is 160 g/mol. The lowest BCUT2D eigenvalue weighted by Crippen LogP contribution is -2.22. The fraction of sp³-hybridized carbons (Fsp3) is 0.833. The first-order valence-corrected chi connectivity index (χ1v) is 5.39. The summed E-state index contributed by atoms with van der Waals surface area (Å²) in [7, 11) is -0.461. The number of hydrogen-bond donors (Lipinski definition) is 1. The molecule has 10 heavy (non-hydrogen) atoms. The van der Waals surface area contributed by atoms with Gasteiger partial charge in [-0.2, -0.15) is 0 Å². The lowest BCUT2D eigenvalue weighted by atomic mass is 10.5. The molecular weight excluding hydrogens is 148 g/mol. The molecule has 4 heteroatoms. The van der Waals surface area contributed by atoms with Crippen LogP contribution < -0.4 is 0 Å². The molecule has 1 aliphatic heterocycles. The van der Waals surface area contributed by atoms with E-state index in [2.05, 4.69) is 0 Å². The van der Waals surface area contributed by atoms with Crippen LogP contribution >= 0.6 is 0 Å². The molecule has 1 aliphatic rings. The highest BCUT2D eigenvalue weighted by atomic mass is 28.2. The molecule has 1 heterocycles. The van der Waals surface area contributed by atoms with Crippen LogP contribution in [0.5, 0.6) is 0 Å². The van der Waals surface area contributed by atoms with E-state index in [1.807, 2.05) is 0 Å². The van der Waals surface area contributed by atoms with E-state index >= 15 is 0 Å². The summed E-state index contributed by atoms with van der Waals surface area (Å²) in [5, 5.41) is 9.24. The summed E-state index contributed by atoms with van der Waals surface area (Å²) in [5.41, 5.74) is -0.208. The number of aldehydes is 1. The molecule has 0 aliphatic carbocycles. The first-order valence-electron chi connectivity index (χ1n) is 3.58. The van der Waals surface area contributed by atoms with E-state index in [9.17, 15) is 9.90 Å². The van der Waals surface area contributed by atoms with Gasteiger partial charge in [0.1, 0.15) is 12.4 Å². The van der Waals surface area contributed by atoms with Gasteiger partial charge in [0, 0.05) is 6.42 Å². The SMILES string of the molecule is O=CCC[SiH2]C(O)C1CO1. The zero-order valence-electron chi connectivity index (χ0n) is 5.82. The number of aliphatic hydroxyl groups is 1. The second-order valence-corrected chi connectivity index (χ2v) is 4.66. The molecule has 58 valence electrons. The van der Waals surface area contributed by atoms with E-state index in [1.54, 1.807) is 0 Å². The molecule has 0 radical (unpaired) electrons. The van der Waals surface area contributed by atoms with Crippen LogP contribution in [0.2, 0.25) is 6.04 Å². The third-order valence-electron chi connectivity index (χ3n) is 1.61. The first kappa shape index (κ1) is 7.91. The van der Waals surface area contributed by atoms with Crippen LogP contribution in [0.1, 0.15) is 6.42 Å². The number of hydrogen-bond acceptors (Lipinski definition) is 3. The number of aliphatic hydroxyl groups excluding tert-OH is 1. The highest BCUT2D eigenvalue weighted by Gasteiger charge is 2.30. The molecule has 0 bridgehead atoms. The zero-order valence-corrected chi connectivity index (χ0v) is 7.24. The van der Waals surface area contributed by atoms with Crippen LogP contribution in [0.4, 0.5) is 0 Å². The zero-order chi connectivity index (χ0) is 7.40.